The van der Waals surface area contributed by atoms with Crippen LogP contribution >= 0.6 is 0 Å². The molecule has 4 aromatic carbocycles. The van der Waals surface area contributed by atoms with Crippen molar-refractivity contribution in [2.24, 2.45) is 0 Å². The number of hydrogen-bond donors (Lipinski definition) is 0. The molecule has 5 rings (SSSR count). The molecule has 0 atom stereocenters. The molecule has 1 heterocycles. The van der Waals surface area contributed by atoms with Gasteiger partial charge in [0, 0.05) is 11.8 Å². The summed E-state index contributed by atoms with van der Waals surface area (Å²) >= 11 is 0. The van der Waals surface area contributed by atoms with Crippen molar-refractivity contribution in [1.82, 2.24) is 4.90 Å². The molecular formula is C33H28F3NO5S. The Morgan fingerprint density at radius 2 is 1.63 bits per heavy atom. The van der Waals surface area contributed by atoms with Crippen molar-refractivity contribution in [2.45, 2.75) is 31.1 Å². The molecule has 0 aliphatic carbocycles. The van der Waals surface area contributed by atoms with Crippen LogP contribution in [0.3, 0.4) is 0 Å². The fourth-order valence-corrected chi connectivity index (χ4v) is 5.66. The lowest BCUT2D eigenvalue weighted by Gasteiger charge is -2.25. The molecule has 1 aromatic heterocycles. The molecule has 10 heteroatoms. The van der Waals surface area contributed by atoms with Crippen molar-refractivity contribution in [3.8, 4) is 16.9 Å². The smallest absolute Gasteiger partial charge is 0.449 e. The van der Waals surface area contributed by atoms with E-state index in [9.17, 15) is 26.4 Å². The number of hydrogen-bond acceptors (Lipinski definition) is 5. The summed E-state index contributed by atoms with van der Waals surface area (Å²) in [6, 6.07) is 25.0. The number of benzene rings is 4. The van der Waals surface area contributed by atoms with E-state index >= 15 is 0 Å². The highest BCUT2D eigenvalue weighted by Crippen LogP contribution is 2.33. The molecule has 0 aliphatic rings. The standard InChI is InChI=1S/C33H28F3NO5S/c1-21-11-12-22-7-4-5-10-28(22)31(21)32(38)37(20-26-15-16-30(42-26)33(34,35)36)19-25-14-13-24(18-29(25)41-2)23-8-6-9-27(17-23)43(3,39)40/h4-18H,19-20H2,1-3H3. The molecule has 0 bridgehead atoms. The van der Waals surface area contributed by atoms with Gasteiger partial charge in [0.25, 0.3) is 5.91 Å². The second kappa shape index (κ2) is 11.6. The van der Waals surface area contributed by atoms with Gasteiger partial charge >= 0.3 is 6.18 Å². The monoisotopic (exact) mass is 607 g/mol. The highest BCUT2D eigenvalue weighted by molar-refractivity contribution is 7.90. The predicted molar refractivity (Wildman–Crippen MR) is 158 cm³/mol. The molecule has 0 N–H and O–H groups in total. The number of sulfone groups is 1. The second-order valence-electron chi connectivity index (χ2n) is 10.2. The molecule has 0 radical (unpaired) electrons. The Hall–Kier alpha value is -4.57. The fourth-order valence-electron chi connectivity index (χ4n) is 4.99. The van der Waals surface area contributed by atoms with Gasteiger partial charge in [-0.3, -0.25) is 4.79 Å². The Morgan fingerprint density at radius 3 is 2.33 bits per heavy atom. The van der Waals surface area contributed by atoms with E-state index in [0.29, 0.717) is 28.0 Å². The number of furan rings is 1. The Balaban J connectivity index is 1.55. The van der Waals surface area contributed by atoms with Crippen LogP contribution in [0, 0.1) is 6.92 Å². The molecule has 6 nitrogen and oxygen atoms in total. The van der Waals surface area contributed by atoms with E-state index < -0.39 is 21.8 Å². The van der Waals surface area contributed by atoms with Crippen molar-refractivity contribution in [1.29, 1.82) is 0 Å². The third-order valence-corrected chi connectivity index (χ3v) is 8.28. The highest BCUT2D eigenvalue weighted by atomic mass is 32.2. The van der Waals surface area contributed by atoms with Crippen molar-refractivity contribution in [3.05, 3.63) is 119 Å². The lowest BCUT2D eigenvalue weighted by molar-refractivity contribution is -0.153. The van der Waals surface area contributed by atoms with Gasteiger partial charge in [-0.05, 0) is 64.7 Å². The van der Waals surface area contributed by atoms with E-state index in [1.54, 1.807) is 36.4 Å². The maximum Gasteiger partial charge on any atom is 0.449 e. The summed E-state index contributed by atoms with van der Waals surface area (Å²) in [7, 11) is -1.95. The SMILES string of the molecule is COc1cc(-c2cccc(S(C)(=O)=O)c2)ccc1CN(Cc1ccc(C(F)(F)F)o1)C(=O)c1c(C)ccc2ccccc12. The zero-order valence-corrected chi connectivity index (χ0v) is 24.4. The van der Waals surface area contributed by atoms with E-state index in [-0.39, 0.29) is 29.7 Å². The average Bonchev–Trinajstić information content (AvgIpc) is 3.46. The maximum atomic E-state index is 14.2. The van der Waals surface area contributed by atoms with Gasteiger partial charge in [0.05, 0.1) is 30.7 Å². The predicted octanol–water partition coefficient (Wildman–Crippen LogP) is 7.68. The van der Waals surface area contributed by atoms with Gasteiger partial charge in [-0.2, -0.15) is 13.2 Å². The van der Waals surface area contributed by atoms with Gasteiger partial charge in [0.2, 0.25) is 5.76 Å². The van der Waals surface area contributed by atoms with Crippen LogP contribution in [0.15, 0.2) is 100 Å². The number of methoxy groups -OCH3 is 1. The molecule has 0 fully saturated rings. The van der Waals surface area contributed by atoms with E-state index in [2.05, 4.69) is 0 Å². The number of ether oxygens (including phenoxy) is 1. The van der Waals surface area contributed by atoms with Gasteiger partial charge in [-0.15, -0.1) is 0 Å². The highest BCUT2D eigenvalue weighted by Gasteiger charge is 2.35. The number of aryl methyl sites for hydroxylation is 1. The third-order valence-electron chi connectivity index (χ3n) is 7.17. The topological polar surface area (TPSA) is 76.8 Å². The minimum atomic E-state index is -4.66. The van der Waals surface area contributed by atoms with E-state index in [0.717, 1.165) is 28.7 Å². The average molecular weight is 608 g/mol. The number of carbonyl (C=O) groups is 1. The summed E-state index contributed by atoms with van der Waals surface area (Å²) < 4.78 is 74.7. The Morgan fingerprint density at radius 1 is 0.884 bits per heavy atom. The zero-order chi connectivity index (χ0) is 30.9. The minimum absolute atomic E-state index is 0.00359. The second-order valence-corrected chi connectivity index (χ2v) is 12.2. The Bertz CT molecular complexity index is 1930. The normalized spacial score (nSPS) is 12.0. The summed E-state index contributed by atoms with van der Waals surface area (Å²) in [6.45, 7) is 1.59. The fraction of sp³-hybridized carbons (Fsp3) is 0.182. The van der Waals surface area contributed by atoms with Crippen LogP contribution in [0.2, 0.25) is 0 Å². The molecule has 5 aromatic rings. The van der Waals surface area contributed by atoms with Crippen LogP contribution in [-0.4, -0.2) is 32.6 Å². The summed E-state index contributed by atoms with van der Waals surface area (Å²) in [5.41, 5.74) is 3.10. The Kier molecular flexibility index (Phi) is 8.07. The first-order valence-corrected chi connectivity index (χ1v) is 15.2. The Labute approximate surface area is 247 Å². The molecule has 0 spiro atoms. The van der Waals surface area contributed by atoms with Crippen LogP contribution in [0.25, 0.3) is 21.9 Å². The summed E-state index contributed by atoms with van der Waals surface area (Å²) in [5, 5.41) is 1.58. The quantitative estimate of drug-likeness (QED) is 0.181. The lowest BCUT2D eigenvalue weighted by atomic mass is 9.98. The van der Waals surface area contributed by atoms with Crippen LogP contribution in [0.1, 0.15) is 33.0 Å². The first kappa shape index (κ1) is 29.9. The van der Waals surface area contributed by atoms with Crippen molar-refractivity contribution in [3.63, 3.8) is 0 Å². The van der Waals surface area contributed by atoms with Crippen LogP contribution in [0.5, 0.6) is 5.75 Å². The maximum absolute atomic E-state index is 14.2. The number of halogens is 3. The number of rotatable bonds is 8. The van der Waals surface area contributed by atoms with Gasteiger partial charge in [0.1, 0.15) is 11.5 Å². The largest absolute Gasteiger partial charge is 0.496 e. The van der Waals surface area contributed by atoms with Crippen molar-refractivity contribution < 1.29 is 35.5 Å². The lowest BCUT2D eigenvalue weighted by Crippen LogP contribution is -2.31. The first-order chi connectivity index (χ1) is 20.3. The molecular weight excluding hydrogens is 579 g/mol. The van der Waals surface area contributed by atoms with Crippen LogP contribution in [-0.2, 0) is 29.1 Å². The third kappa shape index (κ3) is 6.44. The van der Waals surface area contributed by atoms with Gasteiger partial charge < -0.3 is 14.1 Å². The molecule has 43 heavy (non-hydrogen) atoms. The molecule has 0 unspecified atom stereocenters. The zero-order valence-electron chi connectivity index (χ0n) is 23.6. The number of amides is 1. The van der Waals surface area contributed by atoms with Gasteiger partial charge in [-0.25, -0.2) is 8.42 Å². The summed E-state index contributed by atoms with van der Waals surface area (Å²) in [6.07, 6.45) is -3.53. The van der Waals surface area contributed by atoms with Crippen molar-refractivity contribution >= 4 is 26.5 Å². The molecule has 222 valence electrons. The van der Waals surface area contributed by atoms with Crippen LogP contribution < -0.4 is 4.74 Å². The molecule has 0 aliphatic heterocycles. The molecule has 0 saturated heterocycles. The minimum Gasteiger partial charge on any atom is -0.496 e. The van der Waals surface area contributed by atoms with Gasteiger partial charge in [0.15, 0.2) is 9.84 Å². The van der Waals surface area contributed by atoms with Crippen molar-refractivity contribution in [2.75, 3.05) is 13.4 Å². The number of alkyl halides is 3. The van der Waals surface area contributed by atoms with E-state index in [1.807, 2.05) is 43.3 Å². The molecule has 1 amide bonds. The van der Waals surface area contributed by atoms with E-state index in [4.69, 9.17) is 9.15 Å². The summed E-state index contributed by atoms with van der Waals surface area (Å²) in [4.78, 5) is 15.8. The first-order valence-electron chi connectivity index (χ1n) is 13.3. The molecule has 0 saturated carbocycles. The number of nitrogens with zero attached hydrogens (tertiary/aromatic N) is 1. The van der Waals surface area contributed by atoms with E-state index in [1.165, 1.54) is 24.1 Å². The van der Waals surface area contributed by atoms with Crippen LogP contribution in [0.4, 0.5) is 13.2 Å². The number of fused-ring (bicyclic) bond motifs is 1. The number of carbonyl (C=O) groups excluding carboxylic acids is 1. The van der Waals surface area contributed by atoms with Gasteiger partial charge in [-0.1, -0.05) is 60.7 Å². The summed E-state index contributed by atoms with van der Waals surface area (Å²) in [5.74, 6) is -1.13.